The second kappa shape index (κ2) is 15.8. The monoisotopic (exact) mass is 374 g/mol. The van der Waals surface area contributed by atoms with Gasteiger partial charge in [0.2, 0.25) is 0 Å². The van der Waals surface area contributed by atoms with E-state index in [2.05, 4.69) is 6.92 Å². The lowest BCUT2D eigenvalue weighted by atomic mass is 10.0. The highest BCUT2D eigenvalue weighted by molar-refractivity contribution is 4.89. The van der Waals surface area contributed by atoms with Crippen molar-refractivity contribution in [1.29, 1.82) is 0 Å². The molecule has 0 radical (unpaired) electrons. The Morgan fingerprint density at radius 2 is 1.38 bits per heavy atom. The Balaban J connectivity index is 1.88. The number of ether oxygens (including phenoxy) is 2. The van der Waals surface area contributed by atoms with Crippen LogP contribution in [-0.4, -0.2) is 59.6 Å². The fourth-order valence-electron chi connectivity index (χ4n) is 3.60. The normalized spacial score (nSPS) is 24.2. The Labute approximate surface area is 160 Å². The average Bonchev–Trinajstić information content (AvgIpc) is 3.02. The van der Waals surface area contributed by atoms with Crippen molar-refractivity contribution in [3.05, 3.63) is 0 Å². The van der Waals surface area contributed by atoms with Crippen LogP contribution in [0.4, 0.5) is 0 Å². The van der Waals surface area contributed by atoms with Crippen LogP contribution in [0.15, 0.2) is 0 Å². The minimum atomic E-state index is -0.996. The second-order valence-electron chi connectivity index (χ2n) is 7.69. The Kier molecular flexibility index (Phi) is 14.5. The lowest BCUT2D eigenvalue weighted by molar-refractivity contribution is -0.0938. The predicted octanol–water partition coefficient (Wildman–Crippen LogP) is 3.58. The molecule has 0 aliphatic carbocycles. The fourth-order valence-corrected chi connectivity index (χ4v) is 3.60. The van der Waals surface area contributed by atoms with E-state index < -0.39 is 24.4 Å². The highest BCUT2D eigenvalue weighted by Gasteiger charge is 2.40. The summed E-state index contributed by atoms with van der Waals surface area (Å²) in [6, 6.07) is 0. The summed E-state index contributed by atoms with van der Waals surface area (Å²) in [5.74, 6) is 0. The van der Waals surface area contributed by atoms with E-state index in [0.29, 0.717) is 6.61 Å². The summed E-state index contributed by atoms with van der Waals surface area (Å²) in [6.07, 6.45) is 14.1. The van der Waals surface area contributed by atoms with Crippen LogP contribution in [0.5, 0.6) is 0 Å². The summed E-state index contributed by atoms with van der Waals surface area (Å²) in [5, 5.41) is 28.6. The Bertz CT molecular complexity index is 313. The summed E-state index contributed by atoms with van der Waals surface area (Å²) >= 11 is 0. The molecule has 0 unspecified atom stereocenters. The smallest absolute Gasteiger partial charge is 0.114 e. The summed E-state index contributed by atoms with van der Waals surface area (Å²) < 4.78 is 11.0. The quantitative estimate of drug-likeness (QED) is 0.339. The molecule has 5 nitrogen and oxygen atoms in total. The van der Waals surface area contributed by atoms with Gasteiger partial charge in [0.25, 0.3) is 0 Å². The lowest BCUT2D eigenvalue weighted by Crippen LogP contribution is -2.42. The number of hydrogen-bond donors (Lipinski definition) is 3. The van der Waals surface area contributed by atoms with Gasteiger partial charge in [-0.1, -0.05) is 84.0 Å². The molecule has 26 heavy (non-hydrogen) atoms. The minimum absolute atomic E-state index is 0.158. The van der Waals surface area contributed by atoms with Crippen molar-refractivity contribution in [2.75, 3.05) is 19.8 Å². The van der Waals surface area contributed by atoms with Crippen LogP contribution in [-0.2, 0) is 9.47 Å². The average molecular weight is 375 g/mol. The third kappa shape index (κ3) is 10.2. The SMILES string of the molecule is CCCCCCCCCCCCCCCO[C@@H]1[C@H]([C@@H](O)CO)OC[C@H]1O. The molecule has 4 atom stereocenters. The van der Waals surface area contributed by atoms with E-state index in [-0.39, 0.29) is 13.2 Å². The van der Waals surface area contributed by atoms with Crippen molar-refractivity contribution < 1.29 is 24.8 Å². The van der Waals surface area contributed by atoms with Crippen molar-refractivity contribution in [2.45, 2.75) is 115 Å². The first-order chi connectivity index (χ1) is 12.7. The van der Waals surface area contributed by atoms with E-state index in [1.807, 2.05) is 0 Å². The molecule has 1 aliphatic heterocycles. The van der Waals surface area contributed by atoms with Crippen LogP contribution in [0.3, 0.4) is 0 Å². The van der Waals surface area contributed by atoms with Crippen LogP contribution in [0, 0.1) is 0 Å². The fraction of sp³-hybridized carbons (Fsp3) is 1.00. The minimum Gasteiger partial charge on any atom is -0.394 e. The van der Waals surface area contributed by atoms with E-state index in [0.717, 1.165) is 12.8 Å². The van der Waals surface area contributed by atoms with Gasteiger partial charge in [-0.05, 0) is 6.42 Å². The zero-order valence-corrected chi connectivity index (χ0v) is 16.8. The van der Waals surface area contributed by atoms with E-state index in [4.69, 9.17) is 14.6 Å². The molecular weight excluding hydrogens is 332 g/mol. The highest BCUT2D eigenvalue weighted by Crippen LogP contribution is 2.21. The summed E-state index contributed by atoms with van der Waals surface area (Å²) in [5.41, 5.74) is 0. The second-order valence-corrected chi connectivity index (χ2v) is 7.69. The molecule has 0 aromatic carbocycles. The summed E-state index contributed by atoms with van der Waals surface area (Å²) in [7, 11) is 0. The molecule has 3 N–H and O–H groups in total. The molecule has 1 saturated heterocycles. The van der Waals surface area contributed by atoms with E-state index in [1.54, 1.807) is 0 Å². The van der Waals surface area contributed by atoms with Gasteiger partial charge in [-0.2, -0.15) is 0 Å². The van der Waals surface area contributed by atoms with Gasteiger partial charge in [0.05, 0.1) is 13.2 Å². The molecular formula is C21H42O5. The molecule has 156 valence electrons. The Morgan fingerprint density at radius 1 is 0.885 bits per heavy atom. The number of aliphatic hydroxyl groups is 3. The first kappa shape index (κ1) is 23.8. The van der Waals surface area contributed by atoms with E-state index in [1.165, 1.54) is 70.6 Å². The summed E-state index contributed by atoms with van der Waals surface area (Å²) in [4.78, 5) is 0. The predicted molar refractivity (Wildman–Crippen MR) is 104 cm³/mol. The highest BCUT2D eigenvalue weighted by atomic mass is 16.6. The maximum absolute atomic E-state index is 9.86. The van der Waals surface area contributed by atoms with E-state index in [9.17, 15) is 10.2 Å². The first-order valence-electron chi connectivity index (χ1n) is 10.9. The van der Waals surface area contributed by atoms with Crippen LogP contribution >= 0.6 is 0 Å². The van der Waals surface area contributed by atoms with Gasteiger partial charge < -0.3 is 24.8 Å². The van der Waals surface area contributed by atoms with Gasteiger partial charge in [0.15, 0.2) is 0 Å². The maximum atomic E-state index is 9.86. The maximum Gasteiger partial charge on any atom is 0.114 e. The molecule has 5 heteroatoms. The zero-order chi connectivity index (χ0) is 19.0. The van der Waals surface area contributed by atoms with Gasteiger partial charge in [-0.25, -0.2) is 0 Å². The first-order valence-corrected chi connectivity index (χ1v) is 10.9. The largest absolute Gasteiger partial charge is 0.394 e. The topological polar surface area (TPSA) is 79.2 Å². The number of rotatable bonds is 17. The molecule has 1 rings (SSSR count). The third-order valence-corrected chi connectivity index (χ3v) is 5.29. The van der Waals surface area contributed by atoms with Crippen molar-refractivity contribution in [3.63, 3.8) is 0 Å². The number of unbranched alkanes of at least 4 members (excludes halogenated alkanes) is 12. The van der Waals surface area contributed by atoms with Crippen molar-refractivity contribution in [2.24, 2.45) is 0 Å². The van der Waals surface area contributed by atoms with Gasteiger partial charge in [0.1, 0.15) is 24.4 Å². The molecule has 1 heterocycles. The van der Waals surface area contributed by atoms with Gasteiger partial charge in [0, 0.05) is 6.61 Å². The van der Waals surface area contributed by atoms with Crippen LogP contribution < -0.4 is 0 Å². The lowest BCUT2D eigenvalue weighted by Gasteiger charge is -2.23. The molecule has 0 aromatic heterocycles. The summed E-state index contributed by atoms with van der Waals surface area (Å²) in [6.45, 7) is 2.61. The molecule has 0 bridgehead atoms. The molecule has 0 amide bonds. The number of hydrogen-bond acceptors (Lipinski definition) is 5. The molecule has 0 saturated carbocycles. The standard InChI is InChI=1S/C21H42O5/c1-2-3-4-5-6-7-8-9-10-11-12-13-14-15-25-21-19(24)17-26-20(21)18(23)16-22/h18-24H,2-17H2,1H3/t18-,19+,20-,21-/m0/s1. The van der Waals surface area contributed by atoms with Gasteiger partial charge >= 0.3 is 0 Å². The zero-order valence-electron chi connectivity index (χ0n) is 16.8. The van der Waals surface area contributed by atoms with Crippen LogP contribution in [0.25, 0.3) is 0 Å². The molecule has 1 aliphatic rings. The Hall–Kier alpha value is -0.200. The third-order valence-electron chi connectivity index (χ3n) is 5.29. The molecule has 1 fully saturated rings. The van der Waals surface area contributed by atoms with Crippen molar-refractivity contribution >= 4 is 0 Å². The molecule has 0 aromatic rings. The van der Waals surface area contributed by atoms with Gasteiger partial charge in [-0.15, -0.1) is 0 Å². The number of aliphatic hydroxyl groups excluding tert-OH is 3. The van der Waals surface area contributed by atoms with E-state index >= 15 is 0 Å². The van der Waals surface area contributed by atoms with Crippen LogP contribution in [0.2, 0.25) is 0 Å². The van der Waals surface area contributed by atoms with Crippen LogP contribution in [0.1, 0.15) is 90.4 Å². The van der Waals surface area contributed by atoms with Gasteiger partial charge in [-0.3, -0.25) is 0 Å². The van der Waals surface area contributed by atoms with Crippen molar-refractivity contribution in [3.8, 4) is 0 Å². The van der Waals surface area contributed by atoms with Crippen molar-refractivity contribution in [1.82, 2.24) is 0 Å². The molecule has 0 spiro atoms. The Morgan fingerprint density at radius 3 is 1.88 bits per heavy atom.